The highest BCUT2D eigenvalue weighted by Gasteiger charge is 2.55. The molecule has 1 heterocycles. The summed E-state index contributed by atoms with van der Waals surface area (Å²) in [6.07, 6.45) is 4.00. The topological polar surface area (TPSA) is 84.2 Å². The molecule has 0 amide bonds. The first-order valence-electron chi connectivity index (χ1n) is 4.91. The first-order valence-corrected chi connectivity index (χ1v) is 7.88. The van der Waals surface area contributed by atoms with Gasteiger partial charge in [-0.3, -0.25) is 0 Å². The third-order valence-corrected chi connectivity index (χ3v) is 4.67. The number of alkyl halides is 6. The second-order valence-corrected chi connectivity index (χ2v) is 7.13. The number of sulfonamides is 2. The fraction of sp³-hybridized carbons (Fsp3) is 0.375. The van der Waals surface area contributed by atoms with Crippen LogP contribution in [0.4, 0.5) is 26.3 Å². The zero-order valence-electron chi connectivity index (χ0n) is 10.6. The molecule has 1 aromatic heterocycles. The zero-order chi connectivity index (χ0) is 17.8. The van der Waals surface area contributed by atoms with Gasteiger partial charge in [-0.25, -0.2) is 21.4 Å². The van der Waals surface area contributed by atoms with E-state index in [9.17, 15) is 43.2 Å². The van der Waals surface area contributed by atoms with E-state index in [0.29, 0.717) is 0 Å². The zero-order valence-corrected chi connectivity index (χ0v) is 12.2. The van der Waals surface area contributed by atoms with Crippen LogP contribution in [0.2, 0.25) is 0 Å². The molecule has 0 unspecified atom stereocenters. The van der Waals surface area contributed by atoms with E-state index in [4.69, 9.17) is 0 Å². The van der Waals surface area contributed by atoms with E-state index >= 15 is 0 Å². The first kappa shape index (κ1) is 20.6. The summed E-state index contributed by atoms with van der Waals surface area (Å²) in [5.74, 6) is 0. The number of hydrogen-bond acceptors (Lipinski definition) is 4. The molecule has 6 nitrogen and oxygen atoms in total. The highest BCUT2D eigenvalue weighted by molar-refractivity contribution is 8.05. The SMILES string of the molecule is C[n+]1ccccc1.O=S(=O)(NS(=O)(=O)C(F)(F)F)C(F)(F)F. The van der Waals surface area contributed by atoms with Gasteiger partial charge in [-0.1, -0.05) is 10.2 Å². The maximum atomic E-state index is 11.5. The van der Waals surface area contributed by atoms with Crippen LogP contribution in [0.3, 0.4) is 0 Å². The molecule has 0 radical (unpaired) electrons. The van der Waals surface area contributed by atoms with E-state index in [-0.39, 0.29) is 0 Å². The Balaban J connectivity index is 0.000000518. The fourth-order valence-electron chi connectivity index (χ4n) is 0.724. The predicted molar refractivity (Wildman–Crippen MR) is 60.7 cm³/mol. The van der Waals surface area contributed by atoms with Gasteiger partial charge in [0.15, 0.2) is 12.4 Å². The van der Waals surface area contributed by atoms with Gasteiger partial charge in [-0.15, -0.1) is 0 Å². The first-order chi connectivity index (χ1) is 9.60. The quantitative estimate of drug-likeness (QED) is 0.612. The Labute approximate surface area is 121 Å². The lowest BCUT2D eigenvalue weighted by Gasteiger charge is -2.11. The Morgan fingerprint density at radius 1 is 0.773 bits per heavy atom. The Kier molecular flexibility index (Phi) is 6.35. The average Bonchev–Trinajstić information content (AvgIpc) is 2.26. The minimum atomic E-state index is -6.60. The Morgan fingerprint density at radius 2 is 1.09 bits per heavy atom. The summed E-state index contributed by atoms with van der Waals surface area (Å²) in [5.41, 5.74) is -12.3. The molecule has 0 saturated heterocycles. The van der Waals surface area contributed by atoms with Crippen LogP contribution in [0.5, 0.6) is 0 Å². The smallest absolute Gasteiger partial charge is 0.208 e. The molecule has 0 aliphatic heterocycles. The molecule has 1 aromatic rings. The molecule has 0 aromatic carbocycles. The molecule has 0 aliphatic rings. The lowest BCUT2D eigenvalue weighted by Crippen LogP contribution is -2.45. The summed E-state index contributed by atoms with van der Waals surface area (Å²) in [6.45, 7) is 0. The number of aromatic nitrogens is 1. The standard InChI is InChI=1S/C6H8N.C2HF6NO4S2/c1-7-5-3-2-4-6-7;3-1(4,5)14(10,11)9-15(12,13)2(6,7)8/h2-6H,1H3;9H/q+1;. The van der Waals surface area contributed by atoms with E-state index in [1.165, 1.54) is 0 Å². The van der Waals surface area contributed by atoms with Gasteiger partial charge in [0.2, 0.25) is 0 Å². The number of hydrogen-bond donors (Lipinski definition) is 1. The Morgan fingerprint density at radius 3 is 1.27 bits per heavy atom. The summed E-state index contributed by atoms with van der Waals surface area (Å²) in [6, 6.07) is 6.00. The van der Waals surface area contributed by atoms with Crippen molar-refractivity contribution >= 4 is 20.0 Å². The normalized spacial score (nSPS) is 13.2. The lowest BCUT2D eigenvalue weighted by atomic mass is 10.5. The molecular weight excluding hydrogens is 366 g/mol. The highest BCUT2D eigenvalue weighted by Crippen LogP contribution is 2.27. The van der Waals surface area contributed by atoms with Crippen molar-refractivity contribution in [2.75, 3.05) is 0 Å². The van der Waals surface area contributed by atoms with Crippen molar-refractivity contribution in [1.29, 1.82) is 0 Å². The molecule has 22 heavy (non-hydrogen) atoms. The monoisotopic (exact) mass is 375 g/mol. The number of aryl methyl sites for hydroxylation is 1. The largest absolute Gasteiger partial charge is 0.512 e. The molecule has 1 N–H and O–H groups in total. The summed E-state index contributed by atoms with van der Waals surface area (Å²) < 4.78 is 110. The highest BCUT2D eigenvalue weighted by atomic mass is 32.3. The molecule has 1 rings (SSSR count). The van der Waals surface area contributed by atoms with Crippen molar-refractivity contribution in [3.63, 3.8) is 0 Å². The average molecular weight is 375 g/mol. The fourth-order valence-corrected chi connectivity index (χ4v) is 2.64. The van der Waals surface area contributed by atoms with Crippen LogP contribution in [0.25, 0.3) is 0 Å². The van der Waals surface area contributed by atoms with Crippen LogP contribution < -0.4 is 8.69 Å². The van der Waals surface area contributed by atoms with Gasteiger partial charge in [-0.2, -0.15) is 26.3 Å². The third kappa shape index (κ3) is 6.15. The van der Waals surface area contributed by atoms with Crippen molar-refractivity contribution < 1.29 is 47.7 Å². The number of pyridine rings is 1. The number of nitrogens with zero attached hydrogens (tertiary/aromatic N) is 1. The number of rotatable bonds is 2. The van der Waals surface area contributed by atoms with Crippen molar-refractivity contribution in [1.82, 2.24) is 4.13 Å². The van der Waals surface area contributed by atoms with E-state index in [1.54, 1.807) is 0 Å². The van der Waals surface area contributed by atoms with E-state index in [2.05, 4.69) is 0 Å². The Bertz CT molecular complexity index is 640. The summed E-state index contributed by atoms with van der Waals surface area (Å²) in [7, 11) is -11.2. The maximum Gasteiger partial charge on any atom is 0.512 e. The summed E-state index contributed by atoms with van der Waals surface area (Å²) in [5, 5.41) is 0. The molecular formula is C8H9F6N2O4S2+. The van der Waals surface area contributed by atoms with E-state index in [0.717, 1.165) is 0 Å². The van der Waals surface area contributed by atoms with Gasteiger partial charge in [0.1, 0.15) is 7.05 Å². The van der Waals surface area contributed by atoms with E-state index in [1.807, 2.05) is 42.2 Å². The van der Waals surface area contributed by atoms with Crippen LogP contribution >= 0.6 is 0 Å². The number of nitrogens with one attached hydrogen (secondary N) is 1. The van der Waals surface area contributed by atoms with Crippen molar-refractivity contribution in [3.05, 3.63) is 30.6 Å². The van der Waals surface area contributed by atoms with Gasteiger partial charge in [0, 0.05) is 12.1 Å². The molecule has 0 bridgehead atoms. The van der Waals surface area contributed by atoms with Crippen LogP contribution in [0.1, 0.15) is 0 Å². The molecule has 0 saturated carbocycles. The maximum absolute atomic E-state index is 11.5. The van der Waals surface area contributed by atoms with Crippen LogP contribution in [0, 0.1) is 0 Å². The van der Waals surface area contributed by atoms with Gasteiger partial charge in [-0.05, 0) is 0 Å². The third-order valence-electron chi connectivity index (χ3n) is 1.69. The molecule has 0 atom stereocenters. The summed E-state index contributed by atoms with van der Waals surface area (Å²) in [4.78, 5) is 0. The van der Waals surface area contributed by atoms with Crippen molar-refractivity contribution in [2.45, 2.75) is 11.0 Å². The van der Waals surface area contributed by atoms with Gasteiger partial charge < -0.3 is 0 Å². The molecule has 0 aliphatic carbocycles. The number of halogens is 6. The van der Waals surface area contributed by atoms with Crippen molar-refractivity contribution in [2.24, 2.45) is 7.05 Å². The van der Waals surface area contributed by atoms with Crippen LogP contribution in [-0.4, -0.2) is 27.9 Å². The second-order valence-electron chi connectivity index (χ2n) is 3.52. The van der Waals surface area contributed by atoms with E-state index < -0.39 is 35.2 Å². The molecule has 0 spiro atoms. The summed E-state index contributed by atoms with van der Waals surface area (Å²) >= 11 is 0. The van der Waals surface area contributed by atoms with Gasteiger partial charge in [0.25, 0.3) is 0 Å². The minimum Gasteiger partial charge on any atom is -0.208 e. The Hall–Kier alpha value is -1.41. The van der Waals surface area contributed by atoms with Crippen LogP contribution in [0.15, 0.2) is 30.6 Å². The minimum absolute atomic E-state index is 0.493. The van der Waals surface area contributed by atoms with Crippen LogP contribution in [-0.2, 0) is 27.1 Å². The molecule has 128 valence electrons. The van der Waals surface area contributed by atoms with Gasteiger partial charge in [0.05, 0.1) is 0 Å². The molecule has 0 fully saturated rings. The lowest BCUT2D eigenvalue weighted by molar-refractivity contribution is -0.671. The van der Waals surface area contributed by atoms with Gasteiger partial charge >= 0.3 is 31.1 Å². The van der Waals surface area contributed by atoms with Crippen molar-refractivity contribution in [3.8, 4) is 0 Å². The molecule has 14 heteroatoms. The second kappa shape index (κ2) is 6.78. The predicted octanol–water partition coefficient (Wildman–Crippen LogP) is 0.786.